The summed E-state index contributed by atoms with van der Waals surface area (Å²) in [5.41, 5.74) is 1.21. The smallest absolute Gasteiger partial charge is 0.115 e. The zero-order chi connectivity index (χ0) is 9.68. The molecule has 0 aliphatic heterocycles. The molecule has 0 heterocycles. The molecule has 72 valence electrons. The quantitative estimate of drug-likeness (QED) is 0.743. The number of phenolic OH excluding ortho intramolecular Hbond substituents is 1. The van der Waals surface area contributed by atoms with Crippen LogP contribution in [-0.4, -0.2) is 11.1 Å². The molecule has 0 amide bonds. The first-order valence-corrected chi connectivity index (χ1v) is 4.73. The van der Waals surface area contributed by atoms with Gasteiger partial charge in [-0.25, -0.2) is 0 Å². The van der Waals surface area contributed by atoms with Gasteiger partial charge in [-0.1, -0.05) is 19.1 Å². The number of nitrogens with one attached hydrogen (secondary N) is 1. The monoisotopic (exact) mass is 179 g/mol. The van der Waals surface area contributed by atoms with E-state index in [1.807, 2.05) is 12.1 Å². The lowest BCUT2D eigenvalue weighted by atomic mass is 10.2. The first kappa shape index (κ1) is 10.1. The summed E-state index contributed by atoms with van der Waals surface area (Å²) < 4.78 is 0. The van der Waals surface area contributed by atoms with E-state index in [2.05, 4.69) is 19.2 Å². The van der Waals surface area contributed by atoms with Gasteiger partial charge >= 0.3 is 0 Å². The van der Waals surface area contributed by atoms with Crippen LogP contribution in [-0.2, 0) is 6.54 Å². The molecule has 2 N–H and O–H groups in total. The Kier molecular flexibility index (Phi) is 3.77. The molecular weight excluding hydrogens is 162 g/mol. The highest BCUT2D eigenvalue weighted by molar-refractivity contribution is 5.25. The predicted octanol–water partition coefficient (Wildman–Crippen LogP) is 2.28. The Balaban J connectivity index is 2.41. The molecule has 0 fully saturated rings. The average Bonchev–Trinajstić information content (AvgIpc) is 2.16. The maximum Gasteiger partial charge on any atom is 0.115 e. The molecule has 1 aromatic carbocycles. The summed E-state index contributed by atoms with van der Waals surface area (Å²) in [6, 6.07) is 7.85. The fourth-order valence-corrected chi connectivity index (χ4v) is 1.05. The van der Waals surface area contributed by atoms with Crippen molar-refractivity contribution in [2.75, 3.05) is 0 Å². The lowest BCUT2D eigenvalue weighted by Crippen LogP contribution is -2.24. The van der Waals surface area contributed by atoms with E-state index < -0.39 is 0 Å². The lowest BCUT2D eigenvalue weighted by Gasteiger charge is -2.10. The standard InChI is InChI=1S/C11H17NO/c1-3-9(2)12-8-10-4-6-11(13)7-5-10/h4-7,9,12-13H,3,8H2,1-2H3/t9-/m0/s1. The Morgan fingerprint density at radius 2 is 1.92 bits per heavy atom. The summed E-state index contributed by atoms with van der Waals surface area (Å²) >= 11 is 0. The van der Waals surface area contributed by atoms with Gasteiger partial charge in [-0.2, -0.15) is 0 Å². The van der Waals surface area contributed by atoms with Gasteiger partial charge in [-0.3, -0.25) is 0 Å². The third-order valence-electron chi connectivity index (χ3n) is 2.20. The third kappa shape index (κ3) is 3.47. The van der Waals surface area contributed by atoms with Gasteiger partial charge < -0.3 is 10.4 Å². The van der Waals surface area contributed by atoms with Gasteiger partial charge in [0.15, 0.2) is 0 Å². The van der Waals surface area contributed by atoms with Crippen LogP contribution in [0.1, 0.15) is 25.8 Å². The molecule has 2 nitrogen and oxygen atoms in total. The summed E-state index contributed by atoms with van der Waals surface area (Å²) in [6.45, 7) is 5.20. The van der Waals surface area contributed by atoms with Crippen LogP contribution in [0.15, 0.2) is 24.3 Å². The summed E-state index contributed by atoms with van der Waals surface area (Å²) in [5.74, 6) is 0.326. The van der Waals surface area contributed by atoms with Crippen molar-refractivity contribution in [3.05, 3.63) is 29.8 Å². The van der Waals surface area contributed by atoms with E-state index in [0.29, 0.717) is 11.8 Å². The molecule has 0 bridgehead atoms. The molecule has 1 aromatic rings. The Hall–Kier alpha value is -1.02. The fraction of sp³-hybridized carbons (Fsp3) is 0.455. The van der Waals surface area contributed by atoms with E-state index in [1.54, 1.807) is 12.1 Å². The molecule has 13 heavy (non-hydrogen) atoms. The maximum atomic E-state index is 9.06. The van der Waals surface area contributed by atoms with Crippen molar-refractivity contribution in [3.63, 3.8) is 0 Å². The number of aromatic hydroxyl groups is 1. The number of hydrogen-bond donors (Lipinski definition) is 2. The molecule has 1 rings (SSSR count). The van der Waals surface area contributed by atoms with Crippen molar-refractivity contribution in [2.45, 2.75) is 32.9 Å². The molecular formula is C11H17NO. The Labute approximate surface area is 79.6 Å². The van der Waals surface area contributed by atoms with Crippen LogP contribution in [0.25, 0.3) is 0 Å². The highest BCUT2D eigenvalue weighted by Gasteiger charge is 1.97. The Bertz CT molecular complexity index is 243. The van der Waals surface area contributed by atoms with E-state index in [1.165, 1.54) is 5.56 Å². The number of benzene rings is 1. The summed E-state index contributed by atoms with van der Waals surface area (Å²) in [5, 5.41) is 12.4. The molecule has 0 saturated heterocycles. The summed E-state index contributed by atoms with van der Waals surface area (Å²) in [4.78, 5) is 0. The fourth-order valence-electron chi connectivity index (χ4n) is 1.05. The minimum Gasteiger partial charge on any atom is -0.508 e. The second-order valence-electron chi connectivity index (χ2n) is 3.36. The zero-order valence-corrected chi connectivity index (χ0v) is 8.25. The molecule has 1 atom stereocenters. The van der Waals surface area contributed by atoms with Crippen molar-refractivity contribution in [2.24, 2.45) is 0 Å². The van der Waals surface area contributed by atoms with Crippen LogP contribution in [0.3, 0.4) is 0 Å². The number of hydrogen-bond acceptors (Lipinski definition) is 2. The highest BCUT2D eigenvalue weighted by Crippen LogP contribution is 2.09. The van der Waals surface area contributed by atoms with Gasteiger partial charge in [0.05, 0.1) is 0 Å². The first-order valence-electron chi connectivity index (χ1n) is 4.73. The Morgan fingerprint density at radius 3 is 2.46 bits per heavy atom. The van der Waals surface area contributed by atoms with E-state index in [9.17, 15) is 0 Å². The van der Waals surface area contributed by atoms with Gasteiger partial charge in [0.1, 0.15) is 5.75 Å². The highest BCUT2D eigenvalue weighted by atomic mass is 16.3. The number of rotatable bonds is 4. The van der Waals surface area contributed by atoms with Crippen molar-refractivity contribution >= 4 is 0 Å². The molecule has 0 unspecified atom stereocenters. The average molecular weight is 179 g/mol. The van der Waals surface area contributed by atoms with Gasteiger partial charge in [0.25, 0.3) is 0 Å². The third-order valence-corrected chi connectivity index (χ3v) is 2.20. The van der Waals surface area contributed by atoms with Crippen LogP contribution in [0.4, 0.5) is 0 Å². The molecule has 0 aromatic heterocycles. The van der Waals surface area contributed by atoms with E-state index >= 15 is 0 Å². The second kappa shape index (κ2) is 4.87. The van der Waals surface area contributed by atoms with Crippen molar-refractivity contribution < 1.29 is 5.11 Å². The molecule has 0 aliphatic rings. The van der Waals surface area contributed by atoms with E-state index in [4.69, 9.17) is 5.11 Å². The predicted molar refractivity (Wildman–Crippen MR) is 54.7 cm³/mol. The van der Waals surface area contributed by atoms with E-state index in [0.717, 1.165) is 13.0 Å². The number of phenols is 1. The van der Waals surface area contributed by atoms with Crippen LogP contribution >= 0.6 is 0 Å². The first-order chi connectivity index (χ1) is 6.22. The van der Waals surface area contributed by atoms with Crippen molar-refractivity contribution in [3.8, 4) is 5.75 Å². The van der Waals surface area contributed by atoms with Crippen molar-refractivity contribution in [1.82, 2.24) is 5.32 Å². The molecule has 0 spiro atoms. The Morgan fingerprint density at radius 1 is 1.31 bits per heavy atom. The normalized spacial score (nSPS) is 12.8. The SMILES string of the molecule is CC[C@H](C)NCc1ccc(O)cc1. The summed E-state index contributed by atoms with van der Waals surface area (Å²) in [6.07, 6.45) is 1.14. The topological polar surface area (TPSA) is 32.3 Å². The van der Waals surface area contributed by atoms with E-state index in [-0.39, 0.29) is 0 Å². The second-order valence-corrected chi connectivity index (χ2v) is 3.36. The van der Waals surface area contributed by atoms with Crippen molar-refractivity contribution in [1.29, 1.82) is 0 Å². The van der Waals surface area contributed by atoms with Crippen LogP contribution in [0.2, 0.25) is 0 Å². The largest absolute Gasteiger partial charge is 0.508 e. The van der Waals surface area contributed by atoms with Gasteiger partial charge in [0.2, 0.25) is 0 Å². The van der Waals surface area contributed by atoms with Crippen LogP contribution in [0.5, 0.6) is 5.75 Å². The molecule has 2 heteroatoms. The van der Waals surface area contributed by atoms with Gasteiger partial charge in [-0.15, -0.1) is 0 Å². The lowest BCUT2D eigenvalue weighted by molar-refractivity contribution is 0.474. The van der Waals surface area contributed by atoms with Crippen LogP contribution in [0, 0.1) is 0 Å². The van der Waals surface area contributed by atoms with Crippen LogP contribution < -0.4 is 5.32 Å². The van der Waals surface area contributed by atoms with Gasteiger partial charge in [-0.05, 0) is 31.0 Å². The van der Waals surface area contributed by atoms with Gasteiger partial charge in [0, 0.05) is 12.6 Å². The molecule has 0 radical (unpaired) electrons. The molecule has 0 saturated carbocycles. The zero-order valence-electron chi connectivity index (χ0n) is 8.25. The minimum absolute atomic E-state index is 0.326. The maximum absolute atomic E-state index is 9.06. The molecule has 0 aliphatic carbocycles. The summed E-state index contributed by atoms with van der Waals surface area (Å²) in [7, 11) is 0. The minimum atomic E-state index is 0.326.